The van der Waals surface area contributed by atoms with Crippen LogP contribution in [0.5, 0.6) is 0 Å². The zero-order valence-corrected chi connectivity index (χ0v) is 8.88. The second-order valence-electron chi connectivity index (χ2n) is 4.42. The van der Waals surface area contributed by atoms with Crippen molar-refractivity contribution in [3.05, 3.63) is 0 Å². The van der Waals surface area contributed by atoms with E-state index in [0.717, 1.165) is 0 Å². The number of hydrogen-bond acceptors (Lipinski definition) is 3. The Morgan fingerprint density at radius 1 is 1.50 bits per heavy atom. The highest BCUT2D eigenvalue weighted by atomic mass is 16.6. The number of β-lactam (4-membered cyclic amide) rings is 1. The molecule has 2 atom stereocenters. The van der Waals surface area contributed by atoms with Gasteiger partial charge in [0, 0.05) is 0 Å². The lowest BCUT2D eigenvalue weighted by Crippen LogP contribution is -2.68. The molecule has 80 valence electrons. The molecule has 0 aromatic carbocycles. The zero-order valence-electron chi connectivity index (χ0n) is 8.88. The summed E-state index contributed by atoms with van der Waals surface area (Å²) in [6, 6.07) is -0.472. The minimum Gasteiger partial charge on any atom is -0.444 e. The molecule has 1 saturated heterocycles. The number of carbonyl (C=O) groups is 2. The van der Waals surface area contributed by atoms with Gasteiger partial charge in [0.05, 0.1) is 6.04 Å². The van der Waals surface area contributed by atoms with E-state index in [1.54, 1.807) is 20.8 Å². The van der Waals surface area contributed by atoms with E-state index >= 15 is 0 Å². The van der Waals surface area contributed by atoms with Crippen LogP contribution in [-0.2, 0) is 9.53 Å². The lowest BCUT2D eigenvalue weighted by molar-refractivity contribution is -0.131. The number of carbonyl (C=O) groups excluding carboxylic acids is 2. The minimum absolute atomic E-state index is 0.0185. The van der Waals surface area contributed by atoms with Crippen molar-refractivity contribution in [2.45, 2.75) is 45.4 Å². The minimum atomic E-state index is -0.552. The number of nitrogens with one attached hydrogen (secondary N) is 2. The summed E-state index contributed by atoms with van der Waals surface area (Å²) < 4.78 is 5.01. The normalized spacial score (nSPS) is 26.1. The van der Waals surface area contributed by atoms with Gasteiger partial charge in [-0.1, -0.05) is 0 Å². The van der Waals surface area contributed by atoms with Gasteiger partial charge in [-0.25, -0.2) is 4.79 Å². The van der Waals surface area contributed by atoms with Crippen molar-refractivity contribution in [2.24, 2.45) is 0 Å². The number of amides is 2. The van der Waals surface area contributed by atoms with E-state index in [4.69, 9.17) is 4.74 Å². The molecule has 14 heavy (non-hydrogen) atoms. The number of rotatable bonds is 1. The summed E-state index contributed by atoms with van der Waals surface area (Å²) in [5.74, 6) is -0.164. The highest BCUT2D eigenvalue weighted by Crippen LogP contribution is 2.09. The molecule has 1 heterocycles. The zero-order chi connectivity index (χ0) is 10.9. The Labute approximate surface area is 83.2 Å². The highest BCUT2D eigenvalue weighted by Gasteiger charge is 2.37. The topological polar surface area (TPSA) is 67.4 Å². The molecule has 0 radical (unpaired) electrons. The molecule has 0 spiro atoms. The van der Waals surface area contributed by atoms with Gasteiger partial charge < -0.3 is 15.4 Å². The van der Waals surface area contributed by atoms with Crippen LogP contribution >= 0.6 is 0 Å². The maximum atomic E-state index is 11.2. The number of alkyl carbamates (subject to hydrolysis) is 1. The summed E-state index contributed by atoms with van der Waals surface area (Å²) in [5, 5.41) is 5.11. The fraction of sp³-hybridized carbons (Fsp3) is 0.778. The number of ether oxygens (including phenoxy) is 1. The smallest absolute Gasteiger partial charge is 0.408 e. The summed E-state index contributed by atoms with van der Waals surface area (Å²) >= 11 is 0. The first-order valence-electron chi connectivity index (χ1n) is 4.59. The van der Waals surface area contributed by atoms with E-state index in [1.807, 2.05) is 6.92 Å². The summed E-state index contributed by atoms with van der Waals surface area (Å²) in [4.78, 5) is 22.2. The van der Waals surface area contributed by atoms with Gasteiger partial charge in [0.25, 0.3) is 0 Å². The van der Waals surface area contributed by atoms with Crippen LogP contribution < -0.4 is 10.6 Å². The molecule has 1 rings (SSSR count). The first-order valence-corrected chi connectivity index (χ1v) is 4.59. The van der Waals surface area contributed by atoms with Gasteiger partial charge >= 0.3 is 6.09 Å². The molecule has 5 heteroatoms. The van der Waals surface area contributed by atoms with Gasteiger partial charge in [0.1, 0.15) is 11.6 Å². The first-order chi connectivity index (χ1) is 6.29. The van der Waals surface area contributed by atoms with Crippen LogP contribution in [0.1, 0.15) is 27.7 Å². The van der Waals surface area contributed by atoms with Crippen molar-refractivity contribution in [1.29, 1.82) is 0 Å². The third-order valence-corrected chi connectivity index (χ3v) is 1.82. The van der Waals surface area contributed by atoms with Crippen LogP contribution in [0.25, 0.3) is 0 Å². The lowest BCUT2D eigenvalue weighted by atomic mass is 10.0. The van der Waals surface area contributed by atoms with Crippen LogP contribution in [0.3, 0.4) is 0 Å². The molecule has 0 bridgehead atoms. The van der Waals surface area contributed by atoms with Gasteiger partial charge in [0.2, 0.25) is 5.91 Å². The van der Waals surface area contributed by atoms with Gasteiger partial charge in [0.15, 0.2) is 0 Å². The molecule has 1 fully saturated rings. The predicted molar refractivity (Wildman–Crippen MR) is 50.8 cm³/mol. The maximum absolute atomic E-state index is 11.2. The van der Waals surface area contributed by atoms with E-state index in [2.05, 4.69) is 10.6 Å². The molecule has 0 aliphatic carbocycles. The average molecular weight is 200 g/mol. The Bertz CT molecular complexity index is 257. The molecule has 2 N–H and O–H groups in total. The molecule has 1 aliphatic rings. The van der Waals surface area contributed by atoms with E-state index in [9.17, 15) is 9.59 Å². The molecule has 0 saturated carbocycles. The fourth-order valence-electron chi connectivity index (χ4n) is 1.15. The van der Waals surface area contributed by atoms with Crippen molar-refractivity contribution in [3.8, 4) is 0 Å². The van der Waals surface area contributed by atoms with Crippen LogP contribution in [0.4, 0.5) is 4.79 Å². The average Bonchev–Trinajstić information content (AvgIpc) is 1.98. The van der Waals surface area contributed by atoms with Crippen molar-refractivity contribution < 1.29 is 14.3 Å². The summed E-state index contributed by atoms with van der Waals surface area (Å²) in [5.41, 5.74) is -0.534. The molecule has 0 unspecified atom stereocenters. The molecular weight excluding hydrogens is 184 g/mol. The Balaban J connectivity index is 2.38. The van der Waals surface area contributed by atoms with Crippen LogP contribution in [0, 0.1) is 0 Å². The predicted octanol–water partition coefficient (Wildman–Crippen LogP) is 0.398. The molecule has 0 aromatic heterocycles. The first kappa shape index (κ1) is 10.8. The Morgan fingerprint density at radius 3 is 2.43 bits per heavy atom. The summed E-state index contributed by atoms with van der Waals surface area (Å²) in [6.07, 6.45) is -0.552. The largest absolute Gasteiger partial charge is 0.444 e. The molecule has 1 aliphatic heterocycles. The third kappa shape index (κ3) is 2.61. The van der Waals surface area contributed by atoms with Crippen molar-refractivity contribution in [2.75, 3.05) is 0 Å². The van der Waals surface area contributed by atoms with Crippen LogP contribution in [0.15, 0.2) is 0 Å². The standard InChI is InChI=1S/C9H16N2O3/c1-5-6(7(12)10-5)11-8(13)14-9(2,3)4/h5-6H,1-4H3,(H,10,12)(H,11,13)/t5-,6+/m1/s1. The monoisotopic (exact) mass is 200 g/mol. The highest BCUT2D eigenvalue weighted by molar-refractivity contribution is 5.92. The van der Waals surface area contributed by atoms with E-state index in [-0.39, 0.29) is 11.9 Å². The summed E-state index contributed by atoms with van der Waals surface area (Å²) in [7, 11) is 0. The lowest BCUT2D eigenvalue weighted by Gasteiger charge is -2.34. The van der Waals surface area contributed by atoms with Crippen LogP contribution in [0.2, 0.25) is 0 Å². The number of hydrogen-bond donors (Lipinski definition) is 2. The fourth-order valence-corrected chi connectivity index (χ4v) is 1.15. The third-order valence-electron chi connectivity index (χ3n) is 1.82. The van der Waals surface area contributed by atoms with E-state index in [0.29, 0.717) is 0 Å². The maximum Gasteiger partial charge on any atom is 0.408 e. The van der Waals surface area contributed by atoms with Gasteiger partial charge in [-0.15, -0.1) is 0 Å². The van der Waals surface area contributed by atoms with E-state index < -0.39 is 17.7 Å². The SMILES string of the molecule is C[C@H]1NC(=O)[C@H]1NC(=O)OC(C)(C)C. The second kappa shape index (κ2) is 3.48. The van der Waals surface area contributed by atoms with Crippen molar-refractivity contribution in [1.82, 2.24) is 10.6 Å². The molecule has 0 aromatic rings. The Hall–Kier alpha value is -1.26. The second-order valence-corrected chi connectivity index (χ2v) is 4.42. The van der Waals surface area contributed by atoms with E-state index in [1.165, 1.54) is 0 Å². The van der Waals surface area contributed by atoms with Gasteiger partial charge in [-0.2, -0.15) is 0 Å². The van der Waals surface area contributed by atoms with Gasteiger partial charge in [-0.05, 0) is 27.7 Å². The molecular formula is C9H16N2O3. The molecule has 5 nitrogen and oxygen atoms in total. The van der Waals surface area contributed by atoms with Crippen molar-refractivity contribution >= 4 is 12.0 Å². The Morgan fingerprint density at radius 2 is 2.07 bits per heavy atom. The Kier molecular flexibility index (Phi) is 2.69. The van der Waals surface area contributed by atoms with Gasteiger partial charge in [-0.3, -0.25) is 4.79 Å². The molecule has 2 amide bonds. The summed E-state index contributed by atoms with van der Waals surface area (Å²) in [6.45, 7) is 7.15. The van der Waals surface area contributed by atoms with Crippen LogP contribution in [-0.4, -0.2) is 29.7 Å². The van der Waals surface area contributed by atoms with Crippen molar-refractivity contribution in [3.63, 3.8) is 0 Å². The quantitative estimate of drug-likeness (QED) is 0.602.